The number of pyridine rings is 1. The van der Waals surface area contributed by atoms with E-state index < -0.39 is 6.04 Å². The molecule has 0 aromatic carbocycles. The highest BCUT2D eigenvalue weighted by molar-refractivity contribution is 5.94. The molecule has 0 spiro atoms. The van der Waals surface area contributed by atoms with E-state index in [1.165, 1.54) is 18.3 Å². The van der Waals surface area contributed by atoms with E-state index in [0.717, 1.165) is 0 Å². The SMILES string of the molecule is CCC(=O)N1C[C@H](NC(=O)c2ccc(C#N)nc2)C[C@H]1C(=O)N(CC)CC. The molecule has 0 unspecified atom stereocenters. The maximum Gasteiger partial charge on any atom is 0.253 e. The van der Waals surface area contributed by atoms with Gasteiger partial charge in [0.25, 0.3) is 5.91 Å². The molecule has 1 aromatic heterocycles. The molecule has 0 bridgehead atoms. The second-order valence-electron chi connectivity index (χ2n) is 6.38. The number of amides is 3. The van der Waals surface area contributed by atoms with Crippen molar-refractivity contribution in [1.29, 1.82) is 5.26 Å². The number of nitrogens with zero attached hydrogens (tertiary/aromatic N) is 4. The largest absolute Gasteiger partial charge is 0.347 e. The van der Waals surface area contributed by atoms with E-state index in [0.29, 0.717) is 38.0 Å². The third-order valence-corrected chi connectivity index (χ3v) is 4.76. The number of hydrogen-bond acceptors (Lipinski definition) is 5. The minimum absolute atomic E-state index is 0.0846. The Labute approximate surface area is 159 Å². The Morgan fingerprint density at radius 1 is 1.30 bits per heavy atom. The van der Waals surface area contributed by atoms with Gasteiger partial charge in [0.2, 0.25) is 11.8 Å². The molecule has 1 saturated heterocycles. The zero-order valence-electron chi connectivity index (χ0n) is 15.9. The summed E-state index contributed by atoms with van der Waals surface area (Å²) in [5, 5.41) is 11.7. The van der Waals surface area contributed by atoms with E-state index >= 15 is 0 Å². The van der Waals surface area contributed by atoms with E-state index in [-0.39, 0.29) is 29.5 Å². The first-order valence-corrected chi connectivity index (χ1v) is 9.20. The maximum absolute atomic E-state index is 12.8. The van der Waals surface area contributed by atoms with Crippen LogP contribution in [0, 0.1) is 11.3 Å². The number of nitrogens with one attached hydrogen (secondary N) is 1. The summed E-state index contributed by atoms with van der Waals surface area (Å²) in [5.41, 5.74) is 0.568. The number of nitriles is 1. The van der Waals surface area contributed by atoms with Crippen molar-refractivity contribution < 1.29 is 14.4 Å². The van der Waals surface area contributed by atoms with Crippen molar-refractivity contribution in [3.8, 4) is 6.07 Å². The van der Waals surface area contributed by atoms with Gasteiger partial charge in [0.05, 0.1) is 5.56 Å². The second-order valence-corrected chi connectivity index (χ2v) is 6.38. The number of aromatic nitrogens is 1. The van der Waals surface area contributed by atoms with Crippen molar-refractivity contribution in [2.75, 3.05) is 19.6 Å². The Balaban J connectivity index is 2.11. The van der Waals surface area contributed by atoms with Crippen LogP contribution in [0.15, 0.2) is 18.3 Å². The first-order chi connectivity index (χ1) is 12.9. The maximum atomic E-state index is 12.8. The summed E-state index contributed by atoms with van der Waals surface area (Å²) in [6.45, 7) is 7.02. The third kappa shape index (κ3) is 4.61. The smallest absolute Gasteiger partial charge is 0.253 e. The van der Waals surface area contributed by atoms with Crippen LogP contribution in [0.2, 0.25) is 0 Å². The Bertz CT molecular complexity index is 737. The monoisotopic (exact) mass is 371 g/mol. The van der Waals surface area contributed by atoms with Gasteiger partial charge in [0.15, 0.2) is 0 Å². The van der Waals surface area contributed by atoms with Crippen LogP contribution in [0.1, 0.15) is 49.7 Å². The van der Waals surface area contributed by atoms with Crippen LogP contribution >= 0.6 is 0 Å². The average molecular weight is 371 g/mol. The van der Waals surface area contributed by atoms with Crippen LogP contribution in [-0.2, 0) is 9.59 Å². The molecule has 8 heteroatoms. The summed E-state index contributed by atoms with van der Waals surface area (Å²) in [6, 6.07) is 4.04. The summed E-state index contributed by atoms with van der Waals surface area (Å²) in [5.74, 6) is -0.521. The standard InChI is InChI=1S/C19H25N5O3/c1-4-17(25)24-12-15(9-16(24)19(27)23(5-2)6-3)22-18(26)13-7-8-14(10-20)21-11-13/h7-8,11,15-16H,4-6,9,12H2,1-3H3,(H,22,26)/t15-,16+/m1/s1. The Kier molecular flexibility index (Phi) is 6.88. The van der Waals surface area contributed by atoms with Gasteiger partial charge in [-0.15, -0.1) is 0 Å². The third-order valence-electron chi connectivity index (χ3n) is 4.76. The predicted molar refractivity (Wildman–Crippen MR) is 98.5 cm³/mol. The van der Waals surface area contributed by atoms with Crippen LogP contribution in [0.5, 0.6) is 0 Å². The Morgan fingerprint density at radius 2 is 2.00 bits per heavy atom. The molecule has 2 rings (SSSR count). The first-order valence-electron chi connectivity index (χ1n) is 9.20. The van der Waals surface area contributed by atoms with Gasteiger partial charge in [0.1, 0.15) is 17.8 Å². The lowest BCUT2D eigenvalue weighted by Gasteiger charge is -2.28. The van der Waals surface area contributed by atoms with Crippen molar-refractivity contribution in [3.05, 3.63) is 29.6 Å². The van der Waals surface area contributed by atoms with Gasteiger partial charge in [-0.05, 0) is 32.4 Å². The van der Waals surface area contributed by atoms with Gasteiger partial charge in [-0.1, -0.05) is 6.92 Å². The molecule has 0 radical (unpaired) electrons. The fourth-order valence-electron chi connectivity index (χ4n) is 3.26. The van der Waals surface area contributed by atoms with Crippen LogP contribution in [-0.4, -0.2) is 64.2 Å². The number of likely N-dealkylation sites (N-methyl/N-ethyl adjacent to an activating group) is 1. The van der Waals surface area contributed by atoms with E-state index in [9.17, 15) is 14.4 Å². The minimum Gasteiger partial charge on any atom is -0.347 e. The van der Waals surface area contributed by atoms with E-state index in [1.54, 1.807) is 16.7 Å². The molecular formula is C19H25N5O3. The molecule has 1 aliphatic heterocycles. The van der Waals surface area contributed by atoms with Gasteiger partial charge < -0.3 is 15.1 Å². The lowest BCUT2D eigenvalue weighted by Crippen LogP contribution is -2.47. The summed E-state index contributed by atoms with van der Waals surface area (Å²) in [7, 11) is 0. The average Bonchev–Trinajstić information content (AvgIpc) is 3.12. The zero-order chi connectivity index (χ0) is 20.0. The molecule has 144 valence electrons. The fraction of sp³-hybridized carbons (Fsp3) is 0.526. The number of rotatable bonds is 6. The molecule has 3 amide bonds. The molecular weight excluding hydrogens is 346 g/mol. The highest BCUT2D eigenvalue weighted by Crippen LogP contribution is 2.21. The van der Waals surface area contributed by atoms with Gasteiger partial charge >= 0.3 is 0 Å². The van der Waals surface area contributed by atoms with Crippen LogP contribution in [0.4, 0.5) is 0 Å². The van der Waals surface area contributed by atoms with Gasteiger partial charge in [-0.2, -0.15) is 5.26 Å². The van der Waals surface area contributed by atoms with Crippen LogP contribution < -0.4 is 5.32 Å². The van der Waals surface area contributed by atoms with Crippen molar-refractivity contribution >= 4 is 17.7 Å². The molecule has 2 atom stereocenters. The second kappa shape index (κ2) is 9.12. The molecule has 1 aromatic rings. The number of carbonyl (C=O) groups is 3. The molecule has 1 fully saturated rings. The van der Waals surface area contributed by atoms with Crippen molar-refractivity contribution in [3.63, 3.8) is 0 Å². The van der Waals surface area contributed by atoms with Crippen LogP contribution in [0.25, 0.3) is 0 Å². The highest BCUT2D eigenvalue weighted by atomic mass is 16.2. The van der Waals surface area contributed by atoms with Crippen molar-refractivity contribution in [2.24, 2.45) is 0 Å². The topological polar surface area (TPSA) is 106 Å². The molecule has 1 aliphatic rings. The summed E-state index contributed by atoms with van der Waals surface area (Å²) in [6.07, 6.45) is 2.04. The highest BCUT2D eigenvalue weighted by Gasteiger charge is 2.40. The van der Waals surface area contributed by atoms with E-state index in [2.05, 4.69) is 10.3 Å². The Hall–Kier alpha value is -2.95. The predicted octanol–water partition coefficient (Wildman–Crippen LogP) is 0.931. The number of likely N-dealkylation sites (tertiary alicyclic amines) is 1. The first kappa shape index (κ1) is 20.4. The molecule has 0 saturated carbocycles. The molecule has 27 heavy (non-hydrogen) atoms. The summed E-state index contributed by atoms with van der Waals surface area (Å²) < 4.78 is 0. The molecule has 0 aliphatic carbocycles. The Morgan fingerprint density at radius 3 is 2.52 bits per heavy atom. The van der Waals surface area contributed by atoms with E-state index in [4.69, 9.17) is 5.26 Å². The fourth-order valence-corrected chi connectivity index (χ4v) is 3.26. The zero-order valence-corrected chi connectivity index (χ0v) is 15.9. The van der Waals surface area contributed by atoms with Gasteiger partial charge in [-0.3, -0.25) is 14.4 Å². The van der Waals surface area contributed by atoms with Crippen molar-refractivity contribution in [2.45, 2.75) is 45.7 Å². The normalized spacial score (nSPS) is 18.7. The molecule has 1 N–H and O–H groups in total. The lowest BCUT2D eigenvalue weighted by molar-refractivity contribution is -0.143. The summed E-state index contributed by atoms with van der Waals surface area (Å²) in [4.78, 5) is 44.7. The quantitative estimate of drug-likeness (QED) is 0.801. The summed E-state index contributed by atoms with van der Waals surface area (Å²) >= 11 is 0. The van der Waals surface area contributed by atoms with Crippen molar-refractivity contribution in [1.82, 2.24) is 20.1 Å². The van der Waals surface area contributed by atoms with E-state index in [1.807, 2.05) is 19.9 Å². The number of hydrogen-bond donors (Lipinski definition) is 1. The lowest BCUT2D eigenvalue weighted by atomic mass is 10.1. The number of carbonyl (C=O) groups excluding carboxylic acids is 3. The molecule has 8 nitrogen and oxygen atoms in total. The minimum atomic E-state index is -0.554. The van der Waals surface area contributed by atoms with Crippen LogP contribution in [0.3, 0.4) is 0 Å². The van der Waals surface area contributed by atoms with Gasteiger partial charge in [0, 0.05) is 38.3 Å². The molecule has 2 heterocycles. The van der Waals surface area contributed by atoms with Gasteiger partial charge in [-0.25, -0.2) is 4.98 Å².